The summed E-state index contributed by atoms with van der Waals surface area (Å²) >= 11 is 6.71. The molecule has 1 aliphatic heterocycles. The Balaban J connectivity index is 1.47. The van der Waals surface area contributed by atoms with Gasteiger partial charge in [0.25, 0.3) is 0 Å². The zero-order valence-electron chi connectivity index (χ0n) is 16.5. The summed E-state index contributed by atoms with van der Waals surface area (Å²) in [5.41, 5.74) is 2.14. The molecule has 2 aromatic rings. The Morgan fingerprint density at radius 2 is 1.62 bits per heavy atom. The van der Waals surface area contributed by atoms with Crippen LogP contribution in [0.5, 0.6) is 0 Å². The largest absolute Gasteiger partial charge is 0.345 e. The van der Waals surface area contributed by atoms with Crippen LogP contribution in [0.2, 0.25) is 0 Å². The van der Waals surface area contributed by atoms with E-state index in [0.29, 0.717) is 17.3 Å². The van der Waals surface area contributed by atoms with E-state index in [4.69, 9.17) is 12.2 Å². The van der Waals surface area contributed by atoms with Crippen molar-refractivity contribution in [2.45, 2.75) is 43.9 Å². The second-order valence-corrected chi connectivity index (χ2v) is 9.12. The Hall–Kier alpha value is -2.18. The summed E-state index contributed by atoms with van der Waals surface area (Å²) in [4.78, 5) is 26.3. The predicted molar refractivity (Wildman–Crippen MR) is 123 cm³/mol. The van der Waals surface area contributed by atoms with Crippen molar-refractivity contribution >= 4 is 40.1 Å². The Bertz CT molecular complexity index is 803. The zero-order valence-corrected chi connectivity index (χ0v) is 18.2. The van der Waals surface area contributed by atoms with Gasteiger partial charge in [-0.1, -0.05) is 91.1 Å². The molecular weight excluding hydrogens is 400 g/mol. The monoisotopic (exact) mass is 426 g/mol. The summed E-state index contributed by atoms with van der Waals surface area (Å²) in [5, 5.41) is 3.11. The Morgan fingerprint density at radius 1 is 1.03 bits per heavy atom. The van der Waals surface area contributed by atoms with Gasteiger partial charge in [0.15, 0.2) is 0 Å². The van der Waals surface area contributed by atoms with E-state index in [2.05, 4.69) is 5.32 Å². The van der Waals surface area contributed by atoms with Crippen molar-refractivity contribution in [2.24, 2.45) is 0 Å². The minimum absolute atomic E-state index is 0.0413. The summed E-state index contributed by atoms with van der Waals surface area (Å²) in [5.74, 6) is 0.144. The number of carbonyl (C=O) groups excluding carboxylic acids is 2. The number of rotatable bonds is 9. The average molecular weight is 427 g/mol. The van der Waals surface area contributed by atoms with E-state index in [0.717, 1.165) is 30.4 Å². The number of thioether (sulfide) groups is 1. The van der Waals surface area contributed by atoms with Crippen LogP contribution in [-0.4, -0.2) is 32.8 Å². The summed E-state index contributed by atoms with van der Waals surface area (Å²) in [6, 6.07) is 19.9. The highest BCUT2D eigenvalue weighted by atomic mass is 32.2. The lowest BCUT2D eigenvalue weighted by molar-refractivity contribution is -0.126. The maximum absolute atomic E-state index is 12.6. The van der Waals surface area contributed by atoms with Crippen molar-refractivity contribution in [2.75, 3.05) is 6.54 Å². The quantitative estimate of drug-likeness (QED) is 0.466. The van der Waals surface area contributed by atoms with Gasteiger partial charge in [-0.2, -0.15) is 0 Å². The van der Waals surface area contributed by atoms with E-state index >= 15 is 0 Å². The molecule has 0 spiro atoms. The van der Waals surface area contributed by atoms with Gasteiger partial charge in [-0.3, -0.25) is 14.5 Å². The average Bonchev–Trinajstić information content (AvgIpc) is 2.98. The third-order valence-electron chi connectivity index (χ3n) is 4.97. The van der Waals surface area contributed by atoms with Crippen LogP contribution in [0.3, 0.4) is 0 Å². The molecule has 4 nitrogen and oxygen atoms in total. The van der Waals surface area contributed by atoms with Crippen molar-refractivity contribution in [3.8, 4) is 0 Å². The molecule has 29 heavy (non-hydrogen) atoms. The van der Waals surface area contributed by atoms with Gasteiger partial charge in [0.05, 0.1) is 11.3 Å². The van der Waals surface area contributed by atoms with Crippen LogP contribution >= 0.6 is 24.0 Å². The van der Waals surface area contributed by atoms with Gasteiger partial charge in [0.2, 0.25) is 11.8 Å². The number of hydrogen-bond donors (Lipinski definition) is 1. The fourth-order valence-electron chi connectivity index (χ4n) is 3.39. The van der Waals surface area contributed by atoms with Gasteiger partial charge in [-0.15, -0.1) is 0 Å². The molecule has 0 aromatic heterocycles. The van der Waals surface area contributed by atoms with Crippen LogP contribution in [0.1, 0.15) is 49.8 Å². The van der Waals surface area contributed by atoms with Crippen LogP contribution in [-0.2, 0) is 9.59 Å². The highest BCUT2D eigenvalue weighted by Crippen LogP contribution is 2.27. The molecule has 0 bridgehead atoms. The van der Waals surface area contributed by atoms with Gasteiger partial charge in [0.1, 0.15) is 4.32 Å². The summed E-state index contributed by atoms with van der Waals surface area (Å²) in [6.07, 6.45) is 3.01. The highest BCUT2D eigenvalue weighted by molar-refractivity contribution is 8.24. The smallest absolute Gasteiger partial charge is 0.241 e. The molecule has 1 saturated heterocycles. The lowest BCUT2D eigenvalue weighted by Gasteiger charge is -2.20. The summed E-state index contributed by atoms with van der Waals surface area (Å²) in [6.45, 7) is 2.53. The molecule has 0 radical (unpaired) electrons. The standard InChI is InChI=1S/C23H26N2O2S2/c1-17-22(27)25(23(28)29-17)16-10-4-9-15-20(26)24-21(18-11-5-2-6-12-18)19-13-7-3-8-14-19/h2-3,5-8,11-14,17,21H,4,9-10,15-16H2,1H3,(H,24,26). The van der Waals surface area contributed by atoms with Crippen LogP contribution in [0.15, 0.2) is 60.7 Å². The first kappa shape index (κ1) is 21.5. The fourth-order valence-corrected chi connectivity index (χ4v) is 4.84. The normalized spacial score (nSPS) is 16.5. The van der Waals surface area contributed by atoms with Gasteiger partial charge in [0, 0.05) is 13.0 Å². The second kappa shape index (κ2) is 10.6. The first-order chi connectivity index (χ1) is 14.1. The third-order valence-corrected chi connectivity index (χ3v) is 6.45. The minimum atomic E-state index is -0.150. The van der Waals surface area contributed by atoms with Crippen LogP contribution < -0.4 is 5.32 Å². The first-order valence-corrected chi connectivity index (χ1v) is 11.3. The second-order valence-electron chi connectivity index (χ2n) is 7.15. The summed E-state index contributed by atoms with van der Waals surface area (Å²) in [7, 11) is 0. The predicted octanol–water partition coefficient (Wildman–Crippen LogP) is 4.70. The molecule has 2 aromatic carbocycles. The van der Waals surface area contributed by atoms with Gasteiger partial charge >= 0.3 is 0 Å². The number of nitrogens with one attached hydrogen (secondary N) is 1. The van der Waals surface area contributed by atoms with Crippen molar-refractivity contribution in [3.63, 3.8) is 0 Å². The maximum atomic E-state index is 12.6. The van der Waals surface area contributed by atoms with E-state index < -0.39 is 0 Å². The molecule has 1 heterocycles. The van der Waals surface area contributed by atoms with E-state index in [1.54, 1.807) is 4.90 Å². The maximum Gasteiger partial charge on any atom is 0.241 e. The van der Waals surface area contributed by atoms with Gasteiger partial charge in [-0.05, 0) is 30.9 Å². The number of benzene rings is 2. The molecule has 1 unspecified atom stereocenters. The van der Waals surface area contributed by atoms with E-state index in [1.807, 2.05) is 67.6 Å². The number of thiocarbonyl (C=S) groups is 1. The van der Waals surface area contributed by atoms with Gasteiger partial charge < -0.3 is 5.32 Å². The Kier molecular flexibility index (Phi) is 7.83. The van der Waals surface area contributed by atoms with E-state index in [9.17, 15) is 9.59 Å². The van der Waals surface area contributed by atoms with Crippen molar-refractivity contribution in [3.05, 3.63) is 71.8 Å². The fraction of sp³-hybridized carbons (Fsp3) is 0.348. The van der Waals surface area contributed by atoms with E-state index in [1.165, 1.54) is 11.8 Å². The van der Waals surface area contributed by atoms with Crippen LogP contribution in [0.25, 0.3) is 0 Å². The van der Waals surface area contributed by atoms with Crippen LogP contribution in [0, 0.1) is 0 Å². The molecular formula is C23H26N2O2S2. The molecule has 152 valence electrons. The third kappa shape index (κ3) is 5.90. The first-order valence-electron chi connectivity index (χ1n) is 9.97. The summed E-state index contributed by atoms with van der Waals surface area (Å²) < 4.78 is 0.675. The zero-order chi connectivity index (χ0) is 20.6. The van der Waals surface area contributed by atoms with Crippen molar-refractivity contribution in [1.82, 2.24) is 10.2 Å². The van der Waals surface area contributed by atoms with Crippen LogP contribution in [0.4, 0.5) is 0 Å². The Labute approximate surface area is 182 Å². The Morgan fingerprint density at radius 3 is 2.14 bits per heavy atom. The number of carbonyl (C=O) groups is 2. The topological polar surface area (TPSA) is 49.4 Å². The molecule has 6 heteroatoms. The van der Waals surface area contributed by atoms with Crippen molar-refractivity contribution in [1.29, 1.82) is 0 Å². The number of nitrogens with zero attached hydrogens (tertiary/aromatic N) is 1. The number of amides is 2. The lowest BCUT2D eigenvalue weighted by atomic mass is 9.98. The molecule has 2 amide bonds. The number of hydrogen-bond acceptors (Lipinski definition) is 4. The van der Waals surface area contributed by atoms with Gasteiger partial charge in [-0.25, -0.2) is 0 Å². The molecule has 1 N–H and O–H groups in total. The SMILES string of the molecule is CC1SC(=S)N(CCCCCC(=O)NC(c2ccccc2)c2ccccc2)C1=O. The van der Waals surface area contributed by atoms with Crippen molar-refractivity contribution < 1.29 is 9.59 Å². The highest BCUT2D eigenvalue weighted by Gasteiger charge is 2.32. The molecule has 3 rings (SSSR count). The molecule has 1 fully saturated rings. The molecule has 0 saturated carbocycles. The minimum Gasteiger partial charge on any atom is -0.345 e. The van der Waals surface area contributed by atoms with E-state index in [-0.39, 0.29) is 23.1 Å². The molecule has 1 aliphatic rings. The lowest BCUT2D eigenvalue weighted by Crippen LogP contribution is -2.31. The molecule has 1 atom stereocenters. The number of unbranched alkanes of at least 4 members (excludes halogenated alkanes) is 2. The molecule has 0 aliphatic carbocycles.